The fourth-order valence-electron chi connectivity index (χ4n) is 3.05. The van der Waals surface area contributed by atoms with E-state index in [4.69, 9.17) is 38.4 Å². The lowest BCUT2D eigenvalue weighted by Gasteiger charge is -2.23. The van der Waals surface area contributed by atoms with E-state index in [-0.39, 0.29) is 39.2 Å². The zero-order valence-corrected chi connectivity index (χ0v) is 22.0. The summed E-state index contributed by atoms with van der Waals surface area (Å²) in [5, 5.41) is 16.1. The Morgan fingerprint density at radius 1 is 1.11 bits per heavy atom. The molecular formula is C24H28Cl2N4O7. The molecule has 0 heterocycles. The van der Waals surface area contributed by atoms with Crippen molar-refractivity contribution in [2.45, 2.75) is 51.7 Å². The summed E-state index contributed by atoms with van der Waals surface area (Å²) in [7, 11) is 0. The van der Waals surface area contributed by atoms with E-state index in [1.54, 1.807) is 20.8 Å². The van der Waals surface area contributed by atoms with Crippen molar-refractivity contribution in [3.05, 3.63) is 62.1 Å². The van der Waals surface area contributed by atoms with Gasteiger partial charge in [-0.15, -0.1) is 0 Å². The van der Waals surface area contributed by atoms with Crippen molar-refractivity contribution in [2.75, 3.05) is 11.9 Å². The lowest BCUT2D eigenvalue weighted by molar-refractivity contribution is -0.384. The largest absolute Gasteiger partial charge is 0.444 e. The minimum absolute atomic E-state index is 0.0651. The molecule has 0 saturated heterocycles. The van der Waals surface area contributed by atoms with Crippen LogP contribution in [0.25, 0.3) is 0 Å². The first-order valence-corrected chi connectivity index (χ1v) is 12.0. The Bertz CT molecular complexity index is 1170. The lowest BCUT2D eigenvalue weighted by atomic mass is 10.1. The van der Waals surface area contributed by atoms with Crippen LogP contribution in [0, 0.1) is 10.1 Å². The Morgan fingerprint density at radius 2 is 1.81 bits per heavy atom. The number of nitro groups is 1. The Morgan fingerprint density at radius 3 is 2.41 bits per heavy atom. The number of anilines is 1. The molecule has 1 atom stereocenters. The molecule has 0 aliphatic heterocycles. The van der Waals surface area contributed by atoms with E-state index in [0.29, 0.717) is 19.4 Å². The number of halogens is 2. The number of carbonyl (C=O) groups is 3. The normalized spacial score (nSPS) is 11.8. The fraction of sp³-hybridized carbons (Fsp3) is 0.375. The number of nitrogens with zero attached hydrogens (tertiary/aromatic N) is 1. The maximum atomic E-state index is 13.0. The molecule has 0 saturated carbocycles. The molecule has 37 heavy (non-hydrogen) atoms. The lowest BCUT2D eigenvalue weighted by Crippen LogP contribution is -2.45. The summed E-state index contributed by atoms with van der Waals surface area (Å²) in [6, 6.07) is 6.49. The molecule has 0 aromatic heterocycles. The van der Waals surface area contributed by atoms with Crippen molar-refractivity contribution in [1.29, 1.82) is 0 Å². The second kappa shape index (κ2) is 13.2. The summed E-state index contributed by atoms with van der Waals surface area (Å²) in [5.41, 5.74) is 4.50. The van der Waals surface area contributed by atoms with E-state index in [1.165, 1.54) is 30.3 Å². The summed E-state index contributed by atoms with van der Waals surface area (Å²) in [6.45, 7) is 5.46. The minimum Gasteiger partial charge on any atom is -0.444 e. The Balaban J connectivity index is 2.25. The average Bonchev–Trinajstić information content (AvgIpc) is 2.79. The van der Waals surface area contributed by atoms with Crippen LogP contribution in [0.1, 0.15) is 50.4 Å². The van der Waals surface area contributed by atoms with E-state index >= 15 is 0 Å². The van der Waals surface area contributed by atoms with Gasteiger partial charge in [-0.2, -0.15) is 0 Å². The molecule has 0 spiro atoms. The average molecular weight is 555 g/mol. The van der Waals surface area contributed by atoms with Gasteiger partial charge in [0.2, 0.25) is 0 Å². The molecule has 200 valence electrons. The van der Waals surface area contributed by atoms with Crippen LogP contribution >= 0.6 is 23.2 Å². The summed E-state index contributed by atoms with van der Waals surface area (Å²) in [4.78, 5) is 48.6. The third-order valence-corrected chi connectivity index (χ3v) is 5.28. The number of nitrogens with one attached hydrogen (secondary N) is 2. The molecule has 2 aromatic carbocycles. The highest BCUT2D eigenvalue weighted by Crippen LogP contribution is 2.29. The number of nitrogens with two attached hydrogens (primary N) is 1. The highest BCUT2D eigenvalue weighted by molar-refractivity contribution is 6.34. The molecule has 13 heteroatoms. The molecular weight excluding hydrogens is 527 g/mol. The number of alkyl carbamates (subject to hydrolysis) is 1. The number of hydrogen-bond acceptors (Lipinski definition) is 8. The van der Waals surface area contributed by atoms with Crippen LogP contribution in [0.4, 0.5) is 16.2 Å². The molecule has 11 nitrogen and oxygen atoms in total. The van der Waals surface area contributed by atoms with Crippen molar-refractivity contribution in [3.63, 3.8) is 0 Å². The monoisotopic (exact) mass is 554 g/mol. The number of nitro benzene ring substituents is 1. The first-order chi connectivity index (χ1) is 17.3. The summed E-state index contributed by atoms with van der Waals surface area (Å²) in [5.74, 6) is -1.69. The molecule has 0 unspecified atom stereocenters. The molecule has 0 aliphatic carbocycles. The van der Waals surface area contributed by atoms with Gasteiger partial charge in [0.15, 0.2) is 0 Å². The zero-order valence-electron chi connectivity index (χ0n) is 20.5. The molecule has 0 radical (unpaired) electrons. The van der Waals surface area contributed by atoms with Crippen LogP contribution < -0.4 is 21.1 Å². The van der Waals surface area contributed by atoms with Gasteiger partial charge in [-0.3, -0.25) is 14.9 Å². The predicted octanol–water partition coefficient (Wildman–Crippen LogP) is 5.08. The summed E-state index contributed by atoms with van der Waals surface area (Å²) < 4.78 is 10.7. The highest BCUT2D eigenvalue weighted by atomic mass is 35.5. The van der Waals surface area contributed by atoms with E-state index in [2.05, 4.69) is 10.6 Å². The van der Waals surface area contributed by atoms with Crippen molar-refractivity contribution in [3.8, 4) is 5.75 Å². The molecule has 2 amide bonds. The topological polar surface area (TPSA) is 163 Å². The second-order valence-corrected chi connectivity index (χ2v) is 9.76. The number of unbranched alkanes of at least 4 members (excludes halogenated alkanes) is 1. The number of rotatable bonds is 10. The zero-order chi connectivity index (χ0) is 27.8. The molecule has 0 bridgehead atoms. The number of hydrogen-bond donors (Lipinski definition) is 3. The first kappa shape index (κ1) is 29.8. The van der Waals surface area contributed by atoms with E-state index in [1.807, 2.05) is 0 Å². The number of benzene rings is 2. The van der Waals surface area contributed by atoms with Crippen LogP contribution in [0.3, 0.4) is 0 Å². The second-order valence-electron chi connectivity index (χ2n) is 8.92. The molecule has 0 aliphatic rings. The number of amides is 2. The number of non-ortho nitro benzene ring substituents is 1. The third-order valence-electron chi connectivity index (χ3n) is 4.73. The van der Waals surface area contributed by atoms with E-state index in [9.17, 15) is 24.5 Å². The van der Waals surface area contributed by atoms with Crippen molar-refractivity contribution < 1.29 is 28.8 Å². The number of esters is 1. The van der Waals surface area contributed by atoms with Gasteiger partial charge in [0.25, 0.3) is 11.6 Å². The quantitative estimate of drug-likeness (QED) is 0.120. The van der Waals surface area contributed by atoms with Crippen LogP contribution in [0.2, 0.25) is 10.0 Å². The van der Waals surface area contributed by atoms with Crippen molar-refractivity contribution >= 4 is 52.5 Å². The summed E-state index contributed by atoms with van der Waals surface area (Å²) in [6.07, 6.45) is 0.565. The van der Waals surface area contributed by atoms with Gasteiger partial charge in [0.1, 0.15) is 17.4 Å². The SMILES string of the molecule is CC(C)(C)OC(=O)N[C@@H](CCCCN)C(=O)Oc1ccc(Cl)cc1C(=O)Nc1ccc([N+](=O)[O-])cc1Cl. The number of carbonyl (C=O) groups excluding carboxylic acids is 3. The maximum absolute atomic E-state index is 13.0. The van der Waals surface area contributed by atoms with Gasteiger partial charge < -0.3 is 25.8 Å². The van der Waals surface area contributed by atoms with Gasteiger partial charge in [-0.1, -0.05) is 23.2 Å². The number of ether oxygens (including phenoxy) is 2. The van der Waals surface area contributed by atoms with Crippen LogP contribution in [0.15, 0.2) is 36.4 Å². The smallest absolute Gasteiger partial charge is 0.408 e. The predicted molar refractivity (Wildman–Crippen MR) is 139 cm³/mol. The standard InChI is InChI=1S/C24H28Cl2N4O7/c1-24(2,3)37-23(33)29-19(6-4-5-11-27)22(32)36-20-10-7-14(25)12-16(20)21(31)28-18-9-8-15(30(34)35)13-17(18)26/h7-10,12-13,19H,4-6,11,27H2,1-3H3,(H,28,31)(H,29,33)/t19-/m0/s1. The Labute approximate surface area is 223 Å². The fourth-order valence-corrected chi connectivity index (χ4v) is 3.44. The van der Waals surface area contributed by atoms with Crippen LogP contribution in [0.5, 0.6) is 5.75 Å². The molecule has 4 N–H and O–H groups in total. The molecule has 0 fully saturated rings. The minimum atomic E-state index is -1.07. The Kier molecular flexibility index (Phi) is 10.7. The van der Waals surface area contributed by atoms with Crippen molar-refractivity contribution in [2.24, 2.45) is 5.73 Å². The van der Waals surface area contributed by atoms with Crippen molar-refractivity contribution in [1.82, 2.24) is 5.32 Å². The third kappa shape index (κ3) is 9.52. The van der Waals surface area contributed by atoms with Gasteiger partial charge in [-0.05, 0) is 70.8 Å². The van der Waals surface area contributed by atoms with Crippen LogP contribution in [-0.2, 0) is 9.53 Å². The van der Waals surface area contributed by atoms with E-state index < -0.39 is 34.5 Å². The van der Waals surface area contributed by atoms with E-state index in [0.717, 1.165) is 6.07 Å². The van der Waals surface area contributed by atoms with Crippen LogP contribution in [-0.4, -0.2) is 41.1 Å². The Hall–Kier alpha value is -3.41. The molecule has 2 rings (SSSR count). The van der Waals surface area contributed by atoms with Gasteiger partial charge in [0, 0.05) is 17.2 Å². The van der Waals surface area contributed by atoms with Gasteiger partial charge in [0.05, 0.1) is 21.2 Å². The maximum Gasteiger partial charge on any atom is 0.408 e. The summed E-state index contributed by atoms with van der Waals surface area (Å²) >= 11 is 12.1. The highest BCUT2D eigenvalue weighted by Gasteiger charge is 2.27. The van der Waals surface area contributed by atoms with Gasteiger partial charge >= 0.3 is 12.1 Å². The first-order valence-electron chi connectivity index (χ1n) is 11.3. The molecule has 2 aromatic rings. The van der Waals surface area contributed by atoms with Gasteiger partial charge in [-0.25, -0.2) is 9.59 Å².